The first-order valence-corrected chi connectivity index (χ1v) is 14.2. The van der Waals surface area contributed by atoms with Gasteiger partial charge in [0.05, 0.1) is 18.4 Å². The van der Waals surface area contributed by atoms with Crippen LogP contribution in [0.15, 0.2) is 76.2 Å². The topological polar surface area (TPSA) is 107 Å². The van der Waals surface area contributed by atoms with Gasteiger partial charge in [0.15, 0.2) is 0 Å². The second kappa shape index (κ2) is 10.9. The lowest BCUT2D eigenvalue weighted by Gasteiger charge is -2.15. The number of nitrogens with one attached hydrogen (secondary N) is 1. The third kappa shape index (κ3) is 5.69. The van der Waals surface area contributed by atoms with Gasteiger partial charge in [-0.2, -0.15) is 4.98 Å². The number of aliphatic imine (C=N–C) groups is 1. The molecular weight excluding hydrogens is 500 g/mol. The molecule has 9 heteroatoms. The maximum Gasteiger partial charge on any atom is 0.258 e. The molecule has 0 unspecified atom stereocenters. The van der Waals surface area contributed by atoms with E-state index in [-0.39, 0.29) is 17.9 Å². The van der Waals surface area contributed by atoms with Crippen LogP contribution in [0.4, 0.5) is 0 Å². The molecule has 1 aliphatic carbocycles. The fourth-order valence-electron chi connectivity index (χ4n) is 4.81. The Hall–Kier alpha value is -3.82. The summed E-state index contributed by atoms with van der Waals surface area (Å²) in [7, 11) is -3.51. The average Bonchev–Trinajstić information content (AvgIpc) is 3.53. The summed E-state index contributed by atoms with van der Waals surface area (Å²) in [6.45, 7) is 7.96. The standard InChI is InChI=1S/C29H30N4O4S/c1-19(2)36-27-15-12-21(16-22(27)17-30-3)29-31-28(32-37-29)25-11-7-10-24-23(25)13-14-26(24)33-38(34,35)18-20-8-5-4-6-9-20/h4-12,15-16,19,26,33H,3,13-14,17-18H2,1-2H3/t26-/m1/s1. The van der Waals surface area contributed by atoms with E-state index in [4.69, 9.17) is 9.26 Å². The molecule has 196 valence electrons. The van der Waals surface area contributed by atoms with Crippen molar-refractivity contribution in [3.8, 4) is 28.6 Å². The second-order valence-corrected chi connectivity index (χ2v) is 11.4. The van der Waals surface area contributed by atoms with Crippen LogP contribution < -0.4 is 9.46 Å². The SMILES string of the molecule is C=NCc1cc(-c2nc(-c3cccc4c3CC[C@H]4NS(=O)(=O)Cc3ccccc3)no2)ccc1OC(C)C. The normalized spacial score (nSPS) is 15.0. The molecule has 1 aromatic heterocycles. The summed E-state index contributed by atoms with van der Waals surface area (Å²) >= 11 is 0. The number of aromatic nitrogens is 2. The van der Waals surface area contributed by atoms with Crippen LogP contribution in [-0.4, -0.2) is 31.4 Å². The van der Waals surface area contributed by atoms with Gasteiger partial charge in [-0.1, -0.05) is 53.7 Å². The minimum Gasteiger partial charge on any atom is -0.491 e. The number of nitrogens with zero attached hydrogens (tertiary/aromatic N) is 3. The van der Waals surface area contributed by atoms with Crippen molar-refractivity contribution in [2.24, 2.45) is 4.99 Å². The number of ether oxygens (including phenoxy) is 1. The molecule has 8 nitrogen and oxygen atoms in total. The highest BCUT2D eigenvalue weighted by atomic mass is 32.2. The van der Waals surface area contributed by atoms with Crippen LogP contribution >= 0.6 is 0 Å². The molecular formula is C29H30N4O4S. The third-order valence-electron chi connectivity index (χ3n) is 6.41. The van der Waals surface area contributed by atoms with Gasteiger partial charge < -0.3 is 9.26 Å². The lowest BCUT2D eigenvalue weighted by Crippen LogP contribution is -2.28. The van der Waals surface area contributed by atoms with E-state index < -0.39 is 10.0 Å². The van der Waals surface area contributed by atoms with Gasteiger partial charge in [0.2, 0.25) is 15.8 Å². The van der Waals surface area contributed by atoms with Gasteiger partial charge in [-0.15, -0.1) is 0 Å². The van der Waals surface area contributed by atoms with Crippen LogP contribution in [0.3, 0.4) is 0 Å². The first-order valence-electron chi connectivity index (χ1n) is 12.5. The van der Waals surface area contributed by atoms with E-state index in [0.717, 1.165) is 39.1 Å². The van der Waals surface area contributed by atoms with Gasteiger partial charge in [0, 0.05) is 22.7 Å². The largest absolute Gasteiger partial charge is 0.491 e. The summed E-state index contributed by atoms with van der Waals surface area (Å²) in [5, 5.41) is 4.25. The first-order chi connectivity index (χ1) is 18.3. The van der Waals surface area contributed by atoms with Crippen LogP contribution in [0.5, 0.6) is 5.75 Å². The summed E-state index contributed by atoms with van der Waals surface area (Å²) in [5.41, 5.74) is 5.22. The molecule has 1 N–H and O–H groups in total. The van der Waals surface area contributed by atoms with Gasteiger partial charge in [0.1, 0.15) is 5.75 Å². The van der Waals surface area contributed by atoms with Crippen molar-refractivity contribution in [2.75, 3.05) is 0 Å². The second-order valence-electron chi connectivity index (χ2n) is 9.62. The molecule has 1 heterocycles. The number of fused-ring (bicyclic) bond motifs is 1. The zero-order chi connectivity index (χ0) is 26.7. The zero-order valence-electron chi connectivity index (χ0n) is 21.4. The monoisotopic (exact) mass is 530 g/mol. The molecule has 5 rings (SSSR count). The third-order valence-corrected chi connectivity index (χ3v) is 7.77. The van der Waals surface area contributed by atoms with Gasteiger partial charge >= 0.3 is 0 Å². The molecule has 1 atom stereocenters. The maximum absolute atomic E-state index is 12.9. The van der Waals surface area contributed by atoms with E-state index in [1.807, 2.05) is 80.6 Å². The highest BCUT2D eigenvalue weighted by Crippen LogP contribution is 2.38. The number of benzene rings is 3. The number of hydrogen-bond donors (Lipinski definition) is 1. The minimum atomic E-state index is -3.51. The van der Waals surface area contributed by atoms with E-state index in [2.05, 4.69) is 26.6 Å². The molecule has 0 saturated carbocycles. The van der Waals surface area contributed by atoms with Crippen molar-refractivity contribution in [3.05, 3.63) is 89.0 Å². The fourth-order valence-corrected chi connectivity index (χ4v) is 6.21. The predicted octanol–water partition coefficient (Wildman–Crippen LogP) is 5.50. The Labute approximate surface area is 222 Å². The highest BCUT2D eigenvalue weighted by Gasteiger charge is 2.29. The van der Waals surface area contributed by atoms with Gasteiger partial charge in [-0.25, -0.2) is 13.1 Å². The molecule has 0 radical (unpaired) electrons. The van der Waals surface area contributed by atoms with E-state index >= 15 is 0 Å². The predicted molar refractivity (Wildman–Crippen MR) is 147 cm³/mol. The molecule has 38 heavy (non-hydrogen) atoms. The lowest BCUT2D eigenvalue weighted by atomic mass is 10.0. The highest BCUT2D eigenvalue weighted by molar-refractivity contribution is 7.88. The molecule has 0 saturated heterocycles. The zero-order valence-corrected chi connectivity index (χ0v) is 22.2. The summed E-state index contributed by atoms with van der Waals surface area (Å²) in [4.78, 5) is 8.68. The number of hydrogen-bond acceptors (Lipinski definition) is 7. The van der Waals surface area contributed by atoms with Crippen molar-refractivity contribution in [1.82, 2.24) is 14.9 Å². The Morgan fingerprint density at radius 3 is 2.71 bits per heavy atom. The van der Waals surface area contributed by atoms with Crippen LogP contribution in [0.1, 0.15) is 48.6 Å². The molecule has 0 fully saturated rings. The Kier molecular flexibility index (Phi) is 7.40. The summed E-state index contributed by atoms with van der Waals surface area (Å²) in [6.07, 6.45) is 1.41. The van der Waals surface area contributed by atoms with Crippen molar-refractivity contribution in [2.45, 2.75) is 51.1 Å². The summed E-state index contributed by atoms with van der Waals surface area (Å²) < 4.78 is 40.1. The molecule has 3 aromatic carbocycles. The van der Waals surface area contributed by atoms with Gasteiger partial charge in [0.25, 0.3) is 5.89 Å². The van der Waals surface area contributed by atoms with E-state index in [1.165, 1.54) is 0 Å². The first kappa shape index (κ1) is 25.8. The lowest BCUT2D eigenvalue weighted by molar-refractivity contribution is 0.240. The molecule has 0 aliphatic heterocycles. The van der Waals surface area contributed by atoms with Gasteiger partial charge in [-0.3, -0.25) is 4.99 Å². The molecule has 4 aromatic rings. The van der Waals surface area contributed by atoms with Gasteiger partial charge in [-0.05, 0) is 68.3 Å². The van der Waals surface area contributed by atoms with Crippen LogP contribution in [0.2, 0.25) is 0 Å². The Balaban J connectivity index is 1.38. The smallest absolute Gasteiger partial charge is 0.258 e. The molecule has 0 spiro atoms. The fraction of sp³-hybridized carbons (Fsp3) is 0.276. The van der Waals surface area contributed by atoms with Crippen molar-refractivity contribution in [3.63, 3.8) is 0 Å². The molecule has 0 amide bonds. The Morgan fingerprint density at radius 1 is 1.13 bits per heavy atom. The van der Waals surface area contributed by atoms with Crippen molar-refractivity contribution >= 4 is 16.7 Å². The van der Waals surface area contributed by atoms with E-state index in [1.54, 1.807) is 0 Å². The molecule has 0 bridgehead atoms. The number of sulfonamides is 1. The Bertz CT molecular complexity index is 1550. The Morgan fingerprint density at radius 2 is 1.95 bits per heavy atom. The van der Waals surface area contributed by atoms with E-state index in [9.17, 15) is 8.42 Å². The number of rotatable bonds is 10. The van der Waals surface area contributed by atoms with Crippen molar-refractivity contribution < 1.29 is 17.7 Å². The maximum atomic E-state index is 12.9. The molecule has 1 aliphatic rings. The van der Waals surface area contributed by atoms with Crippen LogP contribution in [0, 0.1) is 0 Å². The van der Waals surface area contributed by atoms with Crippen LogP contribution in [-0.2, 0) is 28.7 Å². The van der Waals surface area contributed by atoms with E-state index in [0.29, 0.717) is 31.1 Å². The minimum absolute atomic E-state index is 0.0336. The van der Waals surface area contributed by atoms with Crippen molar-refractivity contribution in [1.29, 1.82) is 0 Å². The average molecular weight is 531 g/mol. The quantitative estimate of drug-likeness (QED) is 0.272. The summed E-state index contributed by atoms with van der Waals surface area (Å²) in [6, 6.07) is 20.4. The summed E-state index contributed by atoms with van der Waals surface area (Å²) in [5.74, 6) is 1.54. The van der Waals surface area contributed by atoms with Crippen LogP contribution in [0.25, 0.3) is 22.8 Å².